The van der Waals surface area contributed by atoms with Crippen molar-refractivity contribution in [2.45, 2.75) is 26.8 Å². The van der Waals surface area contributed by atoms with Crippen molar-refractivity contribution in [3.8, 4) is 0 Å². The van der Waals surface area contributed by atoms with Crippen LogP contribution in [-0.2, 0) is 11.3 Å². The van der Waals surface area contributed by atoms with Crippen LogP contribution in [0.1, 0.15) is 24.5 Å². The third kappa shape index (κ3) is 8.66. The Morgan fingerprint density at radius 2 is 1.96 bits per heavy atom. The maximum atomic E-state index is 5.39. The Hall–Kier alpha value is -1.06. The van der Waals surface area contributed by atoms with Gasteiger partial charge in [0.15, 0.2) is 5.96 Å². The van der Waals surface area contributed by atoms with Crippen molar-refractivity contribution in [2.24, 2.45) is 4.99 Å². The van der Waals surface area contributed by atoms with Gasteiger partial charge in [0, 0.05) is 46.0 Å². The van der Waals surface area contributed by atoms with E-state index in [0.29, 0.717) is 6.54 Å². The van der Waals surface area contributed by atoms with Crippen LogP contribution in [0, 0.1) is 6.92 Å². The molecule has 0 spiro atoms. The lowest BCUT2D eigenvalue weighted by Gasteiger charge is -2.26. The van der Waals surface area contributed by atoms with Gasteiger partial charge in [-0.15, -0.1) is 24.0 Å². The van der Waals surface area contributed by atoms with Gasteiger partial charge in [-0.1, -0.05) is 6.07 Å². The third-order valence-electron chi connectivity index (χ3n) is 4.64. The van der Waals surface area contributed by atoms with Crippen LogP contribution in [0.25, 0.3) is 0 Å². The molecule has 27 heavy (non-hydrogen) atoms. The first kappa shape index (κ1) is 24.0. The summed E-state index contributed by atoms with van der Waals surface area (Å²) in [6.07, 6.45) is 1.11. The Kier molecular flexibility index (Phi) is 11.7. The Morgan fingerprint density at radius 3 is 2.59 bits per heavy atom. The Bertz CT molecular complexity index is 573. The van der Waals surface area contributed by atoms with Crippen LogP contribution in [-0.4, -0.2) is 70.9 Å². The van der Waals surface area contributed by atoms with Gasteiger partial charge in [0.25, 0.3) is 0 Å². The van der Waals surface area contributed by atoms with Crippen molar-refractivity contribution in [1.29, 1.82) is 0 Å². The fourth-order valence-corrected chi connectivity index (χ4v) is 2.98. The molecule has 1 saturated heterocycles. The van der Waals surface area contributed by atoms with Crippen molar-refractivity contribution >= 4 is 35.6 Å². The van der Waals surface area contributed by atoms with Crippen molar-refractivity contribution in [3.63, 3.8) is 0 Å². The largest absolute Gasteiger partial charge is 0.379 e. The maximum absolute atomic E-state index is 5.39. The molecule has 1 aliphatic heterocycles. The van der Waals surface area contributed by atoms with E-state index >= 15 is 0 Å². The Balaban J connectivity index is 0.00000364. The normalized spacial score (nSPS) is 15.2. The van der Waals surface area contributed by atoms with Gasteiger partial charge in [0.05, 0.1) is 19.8 Å². The fraction of sp³-hybridized carbons (Fsp3) is 0.650. The molecule has 2 rings (SSSR count). The van der Waals surface area contributed by atoms with E-state index < -0.39 is 0 Å². The van der Waals surface area contributed by atoms with Crippen molar-refractivity contribution < 1.29 is 4.74 Å². The highest BCUT2D eigenvalue weighted by Gasteiger charge is 2.09. The lowest BCUT2D eigenvalue weighted by Crippen LogP contribution is -2.40. The molecule has 6 nitrogen and oxygen atoms in total. The second-order valence-electron chi connectivity index (χ2n) is 6.93. The zero-order valence-corrected chi connectivity index (χ0v) is 19.6. The summed E-state index contributed by atoms with van der Waals surface area (Å²) in [6.45, 7) is 11.7. The van der Waals surface area contributed by atoms with E-state index in [1.165, 1.54) is 16.8 Å². The molecule has 1 fully saturated rings. The van der Waals surface area contributed by atoms with Crippen LogP contribution in [0.15, 0.2) is 23.2 Å². The van der Waals surface area contributed by atoms with E-state index in [4.69, 9.17) is 9.73 Å². The first-order valence-electron chi connectivity index (χ1n) is 9.69. The van der Waals surface area contributed by atoms with E-state index in [1.54, 1.807) is 0 Å². The molecule has 1 aliphatic rings. The quantitative estimate of drug-likeness (QED) is 0.254. The van der Waals surface area contributed by atoms with Gasteiger partial charge in [0.1, 0.15) is 0 Å². The summed E-state index contributed by atoms with van der Waals surface area (Å²) in [7, 11) is 4.13. The lowest BCUT2D eigenvalue weighted by atomic mass is 10.1. The number of benzene rings is 1. The summed E-state index contributed by atoms with van der Waals surface area (Å²) in [6, 6.07) is 6.55. The molecule has 7 heteroatoms. The van der Waals surface area contributed by atoms with Crippen LogP contribution in [0.5, 0.6) is 0 Å². The van der Waals surface area contributed by atoms with Gasteiger partial charge in [0.2, 0.25) is 0 Å². The maximum Gasteiger partial charge on any atom is 0.191 e. The van der Waals surface area contributed by atoms with Gasteiger partial charge in [-0.05, 0) is 50.1 Å². The molecule has 0 aliphatic carbocycles. The van der Waals surface area contributed by atoms with Crippen LogP contribution < -0.4 is 15.5 Å². The second kappa shape index (κ2) is 13.2. The zero-order chi connectivity index (χ0) is 18.8. The standard InChI is InChI=1S/C20H35N5O.HI/c1-5-21-20(22-9-6-10-25-11-13-26-14-12-25)23-16-18-7-8-19(24(3)4)15-17(18)2;/h7-8,15H,5-6,9-14,16H2,1-4H3,(H2,21,22,23);1H. The van der Waals surface area contributed by atoms with Crippen LogP contribution in [0.2, 0.25) is 0 Å². The molecule has 1 aromatic carbocycles. The highest BCUT2D eigenvalue weighted by atomic mass is 127. The molecule has 0 saturated carbocycles. The number of halogens is 1. The topological polar surface area (TPSA) is 52.1 Å². The number of morpholine rings is 1. The molecule has 0 unspecified atom stereocenters. The first-order valence-corrected chi connectivity index (χ1v) is 9.69. The van der Waals surface area contributed by atoms with E-state index in [1.807, 2.05) is 0 Å². The van der Waals surface area contributed by atoms with Crippen molar-refractivity contribution in [3.05, 3.63) is 29.3 Å². The monoisotopic (exact) mass is 489 g/mol. The molecule has 0 aromatic heterocycles. The first-order chi connectivity index (χ1) is 12.6. The molecule has 1 heterocycles. The predicted molar refractivity (Wildman–Crippen MR) is 126 cm³/mol. The summed E-state index contributed by atoms with van der Waals surface area (Å²) in [5, 5.41) is 6.79. The highest BCUT2D eigenvalue weighted by molar-refractivity contribution is 14.0. The zero-order valence-electron chi connectivity index (χ0n) is 17.3. The van der Waals surface area contributed by atoms with E-state index in [2.05, 4.69) is 66.6 Å². The third-order valence-corrected chi connectivity index (χ3v) is 4.64. The van der Waals surface area contributed by atoms with Crippen molar-refractivity contribution in [2.75, 3.05) is 64.9 Å². The Morgan fingerprint density at radius 1 is 1.22 bits per heavy atom. The van der Waals surface area contributed by atoms with Gasteiger partial charge >= 0.3 is 0 Å². The summed E-state index contributed by atoms with van der Waals surface area (Å²) < 4.78 is 5.39. The average Bonchev–Trinajstić information content (AvgIpc) is 2.64. The number of anilines is 1. The molecule has 0 bridgehead atoms. The predicted octanol–water partition coefficient (Wildman–Crippen LogP) is 2.46. The van der Waals surface area contributed by atoms with Crippen LogP contribution in [0.3, 0.4) is 0 Å². The number of nitrogens with zero attached hydrogens (tertiary/aromatic N) is 3. The molecular formula is C20H36IN5O. The number of nitrogens with one attached hydrogen (secondary N) is 2. The molecule has 2 N–H and O–H groups in total. The number of rotatable bonds is 8. The van der Waals surface area contributed by atoms with Gasteiger partial charge in [-0.2, -0.15) is 0 Å². The minimum absolute atomic E-state index is 0. The minimum Gasteiger partial charge on any atom is -0.379 e. The number of ether oxygens (including phenoxy) is 1. The number of aryl methyl sites for hydroxylation is 1. The number of guanidine groups is 1. The molecule has 0 amide bonds. The number of aliphatic imine (C=N–C) groups is 1. The number of hydrogen-bond acceptors (Lipinski definition) is 4. The summed E-state index contributed by atoms with van der Waals surface area (Å²) >= 11 is 0. The van der Waals surface area contributed by atoms with Gasteiger partial charge in [-0.3, -0.25) is 4.90 Å². The second-order valence-corrected chi connectivity index (χ2v) is 6.93. The average molecular weight is 489 g/mol. The van der Waals surface area contributed by atoms with Crippen LogP contribution >= 0.6 is 24.0 Å². The SMILES string of the molecule is CCNC(=NCc1ccc(N(C)C)cc1C)NCCCN1CCOCC1.I. The van der Waals surface area contributed by atoms with Crippen molar-refractivity contribution in [1.82, 2.24) is 15.5 Å². The van der Waals surface area contributed by atoms with Gasteiger partial charge in [-0.25, -0.2) is 4.99 Å². The van der Waals surface area contributed by atoms with E-state index in [0.717, 1.165) is 58.3 Å². The van der Waals surface area contributed by atoms with E-state index in [9.17, 15) is 0 Å². The summed E-state index contributed by atoms with van der Waals surface area (Å²) in [5.74, 6) is 0.894. The molecule has 0 radical (unpaired) electrons. The lowest BCUT2D eigenvalue weighted by molar-refractivity contribution is 0.0376. The summed E-state index contributed by atoms with van der Waals surface area (Å²) in [5.41, 5.74) is 3.77. The van der Waals surface area contributed by atoms with Gasteiger partial charge < -0.3 is 20.3 Å². The molecule has 0 atom stereocenters. The Labute approximate surface area is 181 Å². The molecule has 1 aromatic rings. The molecule has 154 valence electrons. The highest BCUT2D eigenvalue weighted by Crippen LogP contribution is 2.17. The smallest absolute Gasteiger partial charge is 0.191 e. The minimum atomic E-state index is 0. The van der Waals surface area contributed by atoms with Crippen LogP contribution in [0.4, 0.5) is 5.69 Å². The fourth-order valence-electron chi connectivity index (χ4n) is 2.98. The number of hydrogen-bond donors (Lipinski definition) is 2. The molecular weight excluding hydrogens is 453 g/mol. The summed E-state index contributed by atoms with van der Waals surface area (Å²) in [4.78, 5) is 9.34. The van der Waals surface area contributed by atoms with E-state index in [-0.39, 0.29) is 24.0 Å².